The van der Waals surface area contributed by atoms with E-state index in [4.69, 9.17) is 11.6 Å². The Kier molecular flexibility index (Phi) is 3.59. The first-order chi connectivity index (χ1) is 6.58. The maximum atomic E-state index is 11.1. The molecule has 4 nitrogen and oxygen atoms in total. The van der Waals surface area contributed by atoms with Crippen LogP contribution in [0, 0.1) is 0 Å². The second kappa shape index (κ2) is 4.72. The minimum atomic E-state index is -0.346. The maximum absolute atomic E-state index is 11.1. The molecule has 0 aliphatic carbocycles. The van der Waals surface area contributed by atoms with Crippen molar-refractivity contribution in [1.82, 2.24) is 4.98 Å². The molecule has 14 heavy (non-hydrogen) atoms. The predicted molar refractivity (Wildman–Crippen MR) is 53.2 cm³/mol. The van der Waals surface area contributed by atoms with Crippen LogP contribution < -0.4 is 5.32 Å². The molecule has 1 N–H and O–H groups in total. The minimum Gasteiger partial charge on any atom is -0.324 e. The largest absolute Gasteiger partial charge is 0.324 e. The monoisotopic (exact) mass is 212 g/mol. The molecule has 0 radical (unpaired) electrons. The Morgan fingerprint density at radius 1 is 1.50 bits per heavy atom. The van der Waals surface area contributed by atoms with Crippen molar-refractivity contribution in [3.8, 4) is 0 Å². The Bertz CT molecular complexity index is 348. The summed E-state index contributed by atoms with van der Waals surface area (Å²) in [5.41, 5.74) is 0.528. The van der Waals surface area contributed by atoms with E-state index in [1.807, 2.05) is 0 Å². The number of halogens is 1. The Hall–Kier alpha value is -1.42. The highest BCUT2D eigenvalue weighted by atomic mass is 35.5. The van der Waals surface area contributed by atoms with Gasteiger partial charge in [0, 0.05) is 0 Å². The normalized spacial score (nSPS) is 9.57. The number of pyridine rings is 1. The Morgan fingerprint density at radius 2 is 2.21 bits per heavy atom. The highest BCUT2D eigenvalue weighted by molar-refractivity contribution is 6.29. The van der Waals surface area contributed by atoms with Gasteiger partial charge in [-0.2, -0.15) is 0 Å². The van der Waals surface area contributed by atoms with Gasteiger partial charge in [0.05, 0.1) is 18.3 Å². The van der Waals surface area contributed by atoms with Gasteiger partial charge in [0.1, 0.15) is 10.9 Å². The van der Waals surface area contributed by atoms with Crippen LogP contribution in [-0.4, -0.2) is 16.7 Å². The quantitative estimate of drug-likeness (QED) is 0.612. The summed E-state index contributed by atoms with van der Waals surface area (Å²) in [5, 5.41) is 2.88. The summed E-state index contributed by atoms with van der Waals surface area (Å²) >= 11 is 5.55. The zero-order valence-corrected chi connectivity index (χ0v) is 8.34. The standard InChI is InChI=1S/C9H9ClN2O2/c1-6(13)4-9(14)12-7-2-3-8(10)11-5-7/h2-3,5H,4H2,1H3,(H,12,14). The third-order valence-electron chi connectivity index (χ3n) is 1.42. The summed E-state index contributed by atoms with van der Waals surface area (Å²) < 4.78 is 0. The number of Topliss-reactive ketones (excluding diaryl/α,β-unsaturated/α-hetero) is 1. The molecule has 0 spiro atoms. The van der Waals surface area contributed by atoms with E-state index in [0.717, 1.165) is 0 Å². The van der Waals surface area contributed by atoms with Crippen LogP contribution in [0.25, 0.3) is 0 Å². The van der Waals surface area contributed by atoms with Crippen LogP contribution in [-0.2, 0) is 9.59 Å². The molecular formula is C9H9ClN2O2. The highest BCUT2D eigenvalue weighted by Gasteiger charge is 2.05. The van der Waals surface area contributed by atoms with Crippen LogP contribution >= 0.6 is 11.6 Å². The second-order valence-corrected chi connectivity index (χ2v) is 3.18. The third-order valence-corrected chi connectivity index (χ3v) is 1.64. The fourth-order valence-electron chi connectivity index (χ4n) is 0.881. The van der Waals surface area contributed by atoms with E-state index in [1.54, 1.807) is 12.1 Å². The number of nitrogens with one attached hydrogen (secondary N) is 1. The average molecular weight is 213 g/mol. The number of rotatable bonds is 3. The van der Waals surface area contributed by atoms with Gasteiger partial charge in [-0.3, -0.25) is 9.59 Å². The number of hydrogen-bond acceptors (Lipinski definition) is 3. The summed E-state index contributed by atoms with van der Waals surface area (Å²) in [6.07, 6.45) is 1.31. The third kappa shape index (κ3) is 3.53. The molecule has 0 aromatic carbocycles. The molecule has 5 heteroatoms. The molecule has 74 valence electrons. The summed E-state index contributed by atoms with van der Waals surface area (Å²) in [7, 11) is 0. The predicted octanol–water partition coefficient (Wildman–Crippen LogP) is 1.65. The summed E-state index contributed by atoms with van der Waals surface area (Å²) in [4.78, 5) is 25.5. The molecule has 0 atom stereocenters. The number of amides is 1. The molecular weight excluding hydrogens is 204 g/mol. The van der Waals surface area contributed by atoms with Gasteiger partial charge in [-0.25, -0.2) is 4.98 Å². The van der Waals surface area contributed by atoms with Gasteiger partial charge >= 0.3 is 0 Å². The van der Waals surface area contributed by atoms with E-state index >= 15 is 0 Å². The molecule has 0 saturated carbocycles. The molecule has 0 unspecified atom stereocenters. The molecule has 0 saturated heterocycles. The maximum Gasteiger partial charge on any atom is 0.231 e. The zero-order valence-electron chi connectivity index (χ0n) is 7.58. The van der Waals surface area contributed by atoms with Crippen molar-refractivity contribution in [3.63, 3.8) is 0 Å². The van der Waals surface area contributed by atoms with Crippen molar-refractivity contribution in [2.75, 3.05) is 5.32 Å². The number of ketones is 1. The summed E-state index contributed by atoms with van der Waals surface area (Å²) in [5.74, 6) is -0.522. The van der Waals surface area contributed by atoms with E-state index in [2.05, 4.69) is 10.3 Å². The zero-order chi connectivity index (χ0) is 10.6. The molecule has 0 fully saturated rings. The molecule has 0 aliphatic rings. The SMILES string of the molecule is CC(=O)CC(=O)Nc1ccc(Cl)nc1. The first-order valence-corrected chi connectivity index (χ1v) is 4.36. The Morgan fingerprint density at radius 3 is 2.71 bits per heavy atom. The molecule has 0 bridgehead atoms. The molecule has 1 heterocycles. The van der Waals surface area contributed by atoms with Crippen LogP contribution in [0.5, 0.6) is 0 Å². The lowest BCUT2D eigenvalue weighted by molar-refractivity contribution is -0.124. The molecule has 1 aromatic rings. The molecule has 1 aromatic heterocycles. The Labute approximate surface area is 86.3 Å². The first kappa shape index (κ1) is 10.7. The lowest BCUT2D eigenvalue weighted by atomic mass is 10.3. The summed E-state index contributed by atoms with van der Waals surface area (Å²) in [6.45, 7) is 1.36. The molecule has 0 aliphatic heterocycles. The first-order valence-electron chi connectivity index (χ1n) is 3.99. The van der Waals surface area contributed by atoms with E-state index in [0.29, 0.717) is 10.8 Å². The summed E-state index contributed by atoms with van der Waals surface area (Å²) in [6, 6.07) is 3.18. The fourth-order valence-corrected chi connectivity index (χ4v) is 0.993. The van der Waals surface area contributed by atoms with Crippen LogP contribution in [0.2, 0.25) is 5.15 Å². The van der Waals surface area contributed by atoms with Gasteiger partial charge in [0.25, 0.3) is 0 Å². The lowest BCUT2D eigenvalue weighted by Crippen LogP contribution is -2.14. The molecule has 1 rings (SSSR count). The van der Waals surface area contributed by atoms with Crippen molar-refractivity contribution in [1.29, 1.82) is 0 Å². The topological polar surface area (TPSA) is 59.1 Å². The Balaban J connectivity index is 2.56. The van der Waals surface area contributed by atoms with Crippen molar-refractivity contribution in [2.45, 2.75) is 13.3 Å². The highest BCUT2D eigenvalue weighted by Crippen LogP contribution is 2.09. The molecule has 1 amide bonds. The van der Waals surface area contributed by atoms with Crippen LogP contribution in [0.4, 0.5) is 5.69 Å². The van der Waals surface area contributed by atoms with Crippen molar-refractivity contribution in [2.24, 2.45) is 0 Å². The number of nitrogens with zero attached hydrogens (tertiary/aromatic N) is 1. The van der Waals surface area contributed by atoms with Gasteiger partial charge in [0.15, 0.2) is 0 Å². The lowest BCUT2D eigenvalue weighted by Gasteiger charge is -2.02. The van der Waals surface area contributed by atoms with Crippen molar-refractivity contribution in [3.05, 3.63) is 23.5 Å². The number of carbonyl (C=O) groups excluding carboxylic acids is 2. The number of hydrogen-bond donors (Lipinski definition) is 1. The average Bonchev–Trinajstić information content (AvgIpc) is 2.07. The van der Waals surface area contributed by atoms with Gasteiger partial charge in [-0.15, -0.1) is 0 Å². The van der Waals surface area contributed by atoms with E-state index in [-0.39, 0.29) is 18.1 Å². The number of carbonyl (C=O) groups is 2. The smallest absolute Gasteiger partial charge is 0.231 e. The second-order valence-electron chi connectivity index (χ2n) is 2.80. The van der Waals surface area contributed by atoms with E-state index in [1.165, 1.54) is 13.1 Å². The van der Waals surface area contributed by atoms with E-state index < -0.39 is 0 Å². The van der Waals surface area contributed by atoms with Crippen molar-refractivity contribution < 1.29 is 9.59 Å². The van der Waals surface area contributed by atoms with Gasteiger partial charge in [0.2, 0.25) is 5.91 Å². The van der Waals surface area contributed by atoms with Crippen LogP contribution in [0.15, 0.2) is 18.3 Å². The van der Waals surface area contributed by atoms with Gasteiger partial charge < -0.3 is 5.32 Å². The number of aromatic nitrogens is 1. The van der Waals surface area contributed by atoms with Gasteiger partial charge in [-0.1, -0.05) is 11.6 Å². The van der Waals surface area contributed by atoms with Crippen LogP contribution in [0.3, 0.4) is 0 Å². The number of anilines is 1. The van der Waals surface area contributed by atoms with Crippen molar-refractivity contribution >= 4 is 29.0 Å². The van der Waals surface area contributed by atoms with Crippen LogP contribution in [0.1, 0.15) is 13.3 Å². The minimum absolute atomic E-state index is 0.122. The van der Waals surface area contributed by atoms with Gasteiger partial charge in [-0.05, 0) is 19.1 Å². The van der Waals surface area contributed by atoms with E-state index in [9.17, 15) is 9.59 Å². The fraction of sp³-hybridized carbons (Fsp3) is 0.222.